The molecule has 0 aliphatic heterocycles. The standard InChI is InChI=1S/C31H24ClN5O4S2/c1-41-24-12-8-11-23(18-24)37-30(34-35-31(37)42-20-29(38)33-22-10-7-9-21(32)17-22)27-19-36(28-16-6-5-15-26(27)28)43(39,40)25-13-3-2-4-14-25/h2-19H,20H2,1H3,(H,33,38). The van der Waals surface area contributed by atoms with E-state index in [0.29, 0.717) is 49.6 Å². The number of ether oxygens (including phenoxy) is 1. The van der Waals surface area contributed by atoms with Gasteiger partial charge in [-0.1, -0.05) is 71.9 Å². The number of anilines is 1. The number of halogens is 1. The third-order valence-electron chi connectivity index (χ3n) is 6.60. The highest BCUT2D eigenvalue weighted by Gasteiger charge is 2.25. The molecule has 0 bridgehead atoms. The summed E-state index contributed by atoms with van der Waals surface area (Å²) in [4.78, 5) is 13.0. The number of benzene rings is 4. The Hall–Kier alpha value is -4.58. The Kier molecular flexibility index (Phi) is 7.94. The Morgan fingerprint density at radius 3 is 2.49 bits per heavy atom. The number of rotatable bonds is 9. The zero-order chi connectivity index (χ0) is 30.0. The molecule has 12 heteroatoms. The van der Waals surface area contributed by atoms with Gasteiger partial charge in [0.25, 0.3) is 10.0 Å². The second kappa shape index (κ2) is 12.0. The van der Waals surface area contributed by atoms with Crippen molar-refractivity contribution in [2.24, 2.45) is 0 Å². The number of hydrogen-bond donors (Lipinski definition) is 1. The molecule has 4 aromatic carbocycles. The summed E-state index contributed by atoms with van der Waals surface area (Å²) >= 11 is 7.25. The molecule has 43 heavy (non-hydrogen) atoms. The first-order chi connectivity index (χ1) is 20.8. The minimum absolute atomic E-state index is 0.0404. The van der Waals surface area contributed by atoms with E-state index in [1.807, 2.05) is 36.4 Å². The topological polar surface area (TPSA) is 108 Å². The Labute approximate surface area is 257 Å². The maximum atomic E-state index is 13.7. The number of nitrogens with one attached hydrogen (secondary N) is 1. The maximum Gasteiger partial charge on any atom is 0.268 e. The summed E-state index contributed by atoms with van der Waals surface area (Å²) in [6.45, 7) is 0. The zero-order valence-corrected chi connectivity index (χ0v) is 25.1. The van der Waals surface area contributed by atoms with Crippen LogP contribution in [-0.4, -0.2) is 45.9 Å². The molecule has 216 valence electrons. The number of amides is 1. The van der Waals surface area contributed by atoms with Crippen LogP contribution in [0.5, 0.6) is 5.75 Å². The second-order valence-electron chi connectivity index (χ2n) is 9.36. The lowest BCUT2D eigenvalue weighted by atomic mass is 10.1. The first-order valence-electron chi connectivity index (χ1n) is 13.0. The highest BCUT2D eigenvalue weighted by molar-refractivity contribution is 7.99. The summed E-state index contributed by atoms with van der Waals surface area (Å²) in [6, 6.07) is 29.7. The van der Waals surface area contributed by atoms with Gasteiger partial charge in [0.05, 0.1) is 29.0 Å². The monoisotopic (exact) mass is 629 g/mol. The summed E-state index contributed by atoms with van der Waals surface area (Å²) in [5.74, 6) is 0.809. The average Bonchev–Trinajstić information content (AvgIpc) is 3.62. The molecular formula is C31H24ClN5O4S2. The average molecular weight is 630 g/mol. The van der Waals surface area contributed by atoms with Gasteiger partial charge in [-0.2, -0.15) is 0 Å². The van der Waals surface area contributed by atoms with E-state index in [9.17, 15) is 13.2 Å². The summed E-state index contributed by atoms with van der Waals surface area (Å²) < 4.78 is 36.0. The summed E-state index contributed by atoms with van der Waals surface area (Å²) in [7, 11) is -2.34. The molecule has 0 unspecified atom stereocenters. The summed E-state index contributed by atoms with van der Waals surface area (Å²) in [5.41, 5.74) is 2.32. The minimum atomic E-state index is -3.92. The number of carbonyl (C=O) groups excluding carboxylic acids is 1. The normalized spacial score (nSPS) is 11.5. The Balaban J connectivity index is 1.44. The predicted molar refractivity (Wildman–Crippen MR) is 169 cm³/mol. The number of para-hydroxylation sites is 1. The van der Waals surface area contributed by atoms with Crippen LogP contribution in [0.25, 0.3) is 28.0 Å². The molecule has 0 aliphatic rings. The van der Waals surface area contributed by atoms with Crippen LogP contribution in [-0.2, 0) is 14.8 Å². The summed E-state index contributed by atoms with van der Waals surface area (Å²) in [6.07, 6.45) is 1.56. The van der Waals surface area contributed by atoms with E-state index in [0.717, 1.165) is 0 Å². The van der Waals surface area contributed by atoms with Crippen LogP contribution < -0.4 is 10.1 Å². The number of thioether (sulfide) groups is 1. The van der Waals surface area contributed by atoms with Crippen molar-refractivity contribution in [3.63, 3.8) is 0 Å². The van der Waals surface area contributed by atoms with Crippen molar-refractivity contribution in [3.05, 3.63) is 114 Å². The minimum Gasteiger partial charge on any atom is -0.497 e. The molecule has 9 nitrogen and oxygen atoms in total. The molecule has 1 amide bonds. The largest absolute Gasteiger partial charge is 0.497 e. The first-order valence-corrected chi connectivity index (χ1v) is 15.8. The van der Waals surface area contributed by atoms with E-state index in [4.69, 9.17) is 16.3 Å². The Morgan fingerprint density at radius 2 is 1.70 bits per heavy atom. The fourth-order valence-corrected chi connectivity index (χ4v) is 6.98. The van der Waals surface area contributed by atoms with Gasteiger partial charge in [-0.25, -0.2) is 12.4 Å². The molecule has 0 spiro atoms. The van der Waals surface area contributed by atoms with Crippen molar-refractivity contribution < 1.29 is 17.9 Å². The number of fused-ring (bicyclic) bond motifs is 1. The highest BCUT2D eigenvalue weighted by Crippen LogP contribution is 2.36. The molecule has 6 rings (SSSR count). The smallest absolute Gasteiger partial charge is 0.268 e. The van der Waals surface area contributed by atoms with Gasteiger partial charge >= 0.3 is 0 Å². The second-order valence-corrected chi connectivity index (χ2v) is 12.6. The van der Waals surface area contributed by atoms with Crippen molar-refractivity contribution in [1.82, 2.24) is 18.7 Å². The molecule has 0 radical (unpaired) electrons. The summed E-state index contributed by atoms with van der Waals surface area (Å²) in [5, 5.41) is 13.4. The number of hydrogen-bond acceptors (Lipinski definition) is 7. The van der Waals surface area contributed by atoms with Gasteiger partial charge in [0, 0.05) is 33.9 Å². The van der Waals surface area contributed by atoms with Crippen LogP contribution in [0.15, 0.2) is 119 Å². The van der Waals surface area contributed by atoms with Crippen LogP contribution in [0, 0.1) is 0 Å². The number of aromatic nitrogens is 4. The number of nitrogens with zero attached hydrogens (tertiary/aromatic N) is 4. The van der Waals surface area contributed by atoms with Gasteiger partial charge in [0.2, 0.25) is 5.91 Å². The van der Waals surface area contributed by atoms with Gasteiger partial charge < -0.3 is 10.1 Å². The van der Waals surface area contributed by atoms with Crippen LogP contribution in [0.3, 0.4) is 0 Å². The van der Waals surface area contributed by atoms with Gasteiger partial charge in [0.15, 0.2) is 11.0 Å². The molecule has 0 aliphatic carbocycles. The molecule has 2 heterocycles. The molecule has 6 aromatic rings. The fraction of sp³-hybridized carbons (Fsp3) is 0.0645. The Morgan fingerprint density at radius 1 is 0.930 bits per heavy atom. The zero-order valence-electron chi connectivity index (χ0n) is 22.7. The van der Waals surface area contributed by atoms with E-state index >= 15 is 0 Å². The quantitative estimate of drug-likeness (QED) is 0.181. The van der Waals surface area contributed by atoms with Crippen molar-refractivity contribution >= 4 is 55.9 Å². The fourth-order valence-electron chi connectivity index (χ4n) is 4.65. The Bertz CT molecular complexity index is 2060. The van der Waals surface area contributed by atoms with E-state index in [-0.39, 0.29) is 16.6 Å². The van der Waals surface area contributed by atoms with Crippen LogP contribution in [0.2, 0.25) is 5.02 Å². The maximum absolute atomic E-state index is 13.7. The molecule has 2 aromatic heterocycles. The van der Waals surface area contributed by atoms with Crippen LogP contribution in [0.1, 0.15) is 0 Å². The van der Waals surface area contributed by atoms with Crippen LogP contribution >= 0.6 is 23.4 Å². The van der Waals surface area contributed by atoms with Gasteiger partial charge in [-0.15, -0.1) is 10.2 Å². The predicted octanol–water partition coefficient (Wildman–Crippen LogP) is 6.52. The van der Waals surface area contributed by atoms with E-state index in [2.05, 4.69) is 15.5 Å². The lowest BCUT2D eigenvalue weighted by molar-refractivity contribution is -0.113. The molecular weight excluding hydrogens is 606 g/mol. The highest BCUT2D eigenvalue weighted by atomic mass is 35.5. The molecule has 1 N–H and O–H groups in total. The van der Waals surface area contributed by atoms with Crippen molar-refractivity contribution in [3.8, 4) is 22.8 Å². The van der Waals surface area contributed by atoms with Gasteiger partial charge in [-0.3, -0.25) is 9.36 Å². The van der Waals surface area contributed by atoms with Crippen molar-refractivity contribution in [2.45, 2.75) is 10.1 Å². The van der Waals surface area contributed by atoms with Crippen LogP contribution in [0.4, 0.5) is 5.69 Å². The lowest BCUT2D eigenvalue weighted by Crippen LogP contribution is -2.14. The third-order valence-corrected chi connectivity index (χ3v) is 9.46. The molecule has 0 fully saturated rings. The number of methoxy groups -OCH3 is 1. The first kappa shape index (κ1) is 28.5. The molecule has 0 saturated heterocycles. The third kappa shape index (κ3) is 5.74. The van der Waals surface area contributed by atoms with E-state index in [1.165, 1.54) is 15.7 Å². The van der Waals surface area contributed by atoms with Gasteiger partial charge in [0.1, 0.15) is 5.75 Å². The number of carbonyl (C=O) groups is 1. The van der Waals surface area contributed by atoms with Crippen molar-refractivity contribution in [1.29, 1.82) is 0 Å². The van der Waals surface area contributed by atoms with Gasteiger partial charge in [-0.05, 0) is 48.5 Å². The lowest BCUT2D eigenvalue weighted by Gasteiger charge is -2.11. The van der Waals surface area contributed by atoms with Crippen molar-refractivity contribution in [2.75, 3.05) is 18.2 Å². The van der Waals surface area contributed by atoms with E-state index < -0.39 is 10.0 Å². The SMILES string of the molecule is COc1cccc(-n2c(SCC(=O)Nc3cccc(Cl)c3)nnc2-c2cn(S(=O)(=O)c3ccccc3)c3ccccc23)c1. The molecule has 0 saturated carbocycles. The van der Waals surface area contributed by atoms with E-state index in [1.54, 1.807) is 84.6 Å². The molecule has 0 atom stereocenters.